The van der Waals surface area contributed by atoms with Gasteiger partial charge in [-0.25, -0.2) is 4.98 Å². The minimum absolute atomic E-state index is 0.307. The minimum atomic E-state index is 0.307. The quantitative estimate of drug-likeness (QED) is 0.811. The van der Waals surface area contributed by atoms with Crippen LogP contribution >= 0.6 is 0 Å². The maximum absolute atomic E-state index is 5.60. The molecule has 0 amide bonds. The molecule has 1 atom stereocenters. The molecule has 1 aromatic rings. The summed E-state index contributed by atoms with van der Waals surface area (Å²) in [6, 6.07) is 0.316. The van der Waals surface area contributed by atoms with E-state index < -0.39 is 0 Å². The summed E-state index contributed by atoms with van der Waals surface area (Å²) in [6.45, 7) is 8.75. The Morgan fingerprint density at radius 1 is 1.50 bits per heavy atom. The third kappa shape index (κ3) is 3.54. The molecule has 0 bridgehead atoms. The molecule has 1 aliphatic heterocycles. The smallest absolute Gasteiger partial charge is 0.221 e. The van der Waals surface area contributed by atoms with Crippen LogP contribution in [0.5, 0.6) is 0 Å². The van der Waals surface area contributed by atoms with E-state index in [4.69, 9.17) is 10.5 Å². The Morgan fingerprint density at radius 3 is 2.94 bits per heavy atom. The molecular weight excluding hydrogens is 230 g/mol. The Hall–Kier alpha value is -1.40. The fourth-order valence-electron chi connectivity index (χ4n) is 2.05. The number of aryl methyl sites for hydroxylation is 1. The maximum atomic E-state index is 5.60. The highest BCUT2D eigenvalue weighted by Crippen LogP contribution is 2.12. The predicted octanol–water partition coefficient (Wildman–Crippen LogP) is 0.500. The number of nitrogens with two attached hydrogens (primary N) is 1. The van der Waals surface area contributed by atoms with E-state index in [1.54, 1.807) is 6.20 Å². The first-order valence-electron chi connectivity index (χ1n) is 6.31. The fraction of sp³-hybridized carbons (Fsp3) is 0.667. The van der Waals surface area contributed by atoms with Gasteiger partial charge in [-0.3, -0.25) is 4.90 Å². The Kier molecular flexibility index (Phi) is 4.33. The second kappa shape index (κ2) is 5.97. The van der Waals surface area contributed by atoms with Crippen LogP contribution < -0.4 is 11.1 Å². The molecule has 0 saturated carbocycles. The van der Waals surface area contributed by atoms with Gasteiger partial charge in [-0.05, 0) is 13.8 Å². The van der Waals surface area contributed by atoms with Crippen LogP contribution in [-0.2, 0) is 4.74 Å². The number of nitrogen functional groups attached to an aromatic ring is 1. The summed E-state index contributed by atoms with van der Waals surface area (Å²) < 4.78 is 5.34. The van der Waals surface area contributed by atoms with Crippen molar-refractivity contribution in [3.8, 4) is 0 Å². The number of hydrogen-bond donors (Lipinski definition) is 2. The zero-order valence-corrected chi connectivity index (χ0v) is 11.0. The molecule has 0 radical (unpaired) electrons. The number of nitrogens with one attached hydrogen (secondary N) is 1. The largest absolute Gasteiger partial charge is 0.379 e. The van der Waals surface area contributed by atoms with Gasteiger partial charge >= 0.3 is 0 Å². The highest BCUT2D eigenvalue weighted by Gasteiger charge is 2.14. The van der Waals surface area contributed by atoms with Gasteiger partial charge < -0.3 is 15.8 Å². The SMILES string of the molecule is Cc1cnc(N)nc1NC(C)CN1CCOCC1. The number of rotatable bonds is 4. The van der Waals surface area contributed by atoms with Crippen molar-refractivity contribution >= 4 is 11.8 Å². The van der Waals surface area contributed by atoms with Gasteiger partial charge in [0.1, 0.15) is 5.82 Å². The number of nitrogens with zero attached hydrogens (tertiary/aromatic N) is 3. The van der Waals surface area contributed by atoms with Crippen molar-refractivity contribution in [2.24, 2.45) is 0 Å². The van der Waals surface area contributed by atoms with E-state index in [0.29, 0.717) is 12.0 Å². The fourth-order valence-corrected chi connectivity index (χ4v) is 2.05. The maximum Gasteiger partial charge on any atom is 0.221 e. The van der Waals surface area contributed by atoms with Crippen LogP contribution in [0.1, 0.15) is 12.5 Å². The highest BCUT2D eigenvalue weighted by atomic mass is 16.5. The van der Waals surface area contributed by atoms with E-state index in [9.17, 15) is 0 Å². The van der Waals surface area contributed by atoms with E-state index in [1.165, 1.54) is 0 Å². The van der Waals surface area contributed by atoms with E-state index in [-0.39, 0.29) is 0 Å². The third-order valence-electron chi connectivity index (χ3n) is 3.01. The summed E-state index contributed by atoms with van der Waals surface area (Å²) >= 11 is 0. The predicted molar refractivity (Wildman–Crippen MR) is 71.5 cm³/mol. The minimum Gasteiger partial charge on any atom is -0.379 e. The topological polar surface area (TPSA) is 76.3 Å². The zero-order valence-electron chi connectivity index (χ0n) is 11.0. The second-order valence-electron chi connectivity index (χ2n) is 4.72. The first-order valence-corrected chi connectivity index (χ1v) is 6.31. The number of anilines is 2. The van der Waals surface area contributed by atoms with Crippen molar-refractivity contribution in [3.63, 3.8) is 0 Å². The highest BCUT2D eigenvalue weighted by molar-refractivity contribution is 5.45. The van der Waals surface area contributed by atoms with Gasteiger partial charge in [-0.2, -0.15) is 4.98 Å². The lowest BCUT2D eigenvalue weighted by Gasteiger charge is -2.29. The molecule has 1 unspecified atom stereocenters. The first kappa shape index (κ1) is 13.0. The molecule has 1 aromatic heterocycles. The molecule has 0 aliphatic carbocycles. The van der Waals surface area contributed by atoms with E-state index >= 15 is 0 Å². The summed E-state index contributed by atoms with van der Waals surface area (Å²) in [5.74, 6) is 1.13. The van der Waals surface area contributed by atoms with Gasteiger partial charge in [0.15, 0.2) is 0 Å². The lowest BCUT2D eigenvalue weighted by atomic mass is 10.2. The molecule has 18 heavy (non-hydrogen) atoms. The van der Waals surface area contributed by atoms with Crippen LogP contribution in [0.3, 0.4) is 0 Å². The van der Waals surface area contributed by atoms with Gasteiger partial charge in [0.2, 0.25) is 5.95 Å². The van der Waals surface area contributed by atoms with Crippen molar-refractivity contribution in [1.82, 2.24) is 14.9 Å². The van der Waals surface area contributed by atoms with E-state index in [0.717, 1.165) is 44.2 Å². The Balaban J connectivity index is 1.89. The average molecular weight is 251 g/mol. The Bertz CT molecular complexity index is 392. The van der Waals surface area contributed by atoms with Gasteiger partial charge in [-0.15, -0.1) is 0 Å². The van der Waals surface area contributed by atoms with Gasteiger partial charge in [0.25, 0.3) is 0 Å². The molecule has 2 heterocycles. The van der Waals surface area contributed by atoms with Crippen LogP contribution in [0.25, 0.3) is 0 Å². The molecule has 6 nitrogen and oxygen atoms in total. The molecule has 1 fully saturated rings. The average Bonchev–Trinajstić information content (AvgIpc) is 2.35. The summed E-state index contributed by atoms with van der Waals surface area (Å²) in [5.41, 5.74) is 6.61. The molecule has 2 rings (SSSR count). The summed E-state index contributed by atoms with van der Waals surface area (Å²) in [4.78, 5) is 10.6. The third-order valence-corrected chi connectivity index (χ3v) is 3.01. The molecule has 3 N–H and O–H groups in total. The van der Waals surface area contributed by atoms with Gasteiger partial charge in [0.05, 0.1) is 13.2 Å². The number of ether oxygens (including phenoxy) is 1. The van der Waals surface area contributed by atoms with Crippen molar-refractivity contribution < 1.29 is 4.74 Å². The Labute approximate surface area is 108 Å². The first-order chi connectivity index (χ1) is 8.65. The van der Waals surface area contributed by atoms with Crippen molar-refractivity contribution in [1.29, 1.82) is 0 Å². The second-order valence-corrected chi connectivity index (χ2v) is 4.72. The van der Waals surface area contributed by atoms with Crippen LogP contribution in [-0.4, -0.2) is 53.8 Å². The monoisotopic (exact) mass is 251 g/mol. The number of hydrogen-bond acceptors (Lipinski definition) is 6. The lowest BCUT2D eigenvalue weighted by molar-refractivity contribution is 0.0368. The Morgan fingerprint density at radius 2 is 2.22 bits per heavy atom. The standard InChI is InChI=1S/C12H21N5O/c1-9-7-14-12(13)16-11(9)15-10(2)8-17-3-5-18-6-4-17/h7,10H,3-6,8H2,1-2H3,(H3,13,14,15,16). The van der Waals surface area contributed by atoms with Crippen LogP contribution in [0.15, 0.2) is 6.20 Å². The van der Waals surface area contributed by atoms with Gasteiger partial charge in [0, 0.05) is 37.4 Å². The molecule has 0 aromatic carbocycles. The van der Waals surface area contributed by atoms with Crippen LogP contribution in [0.2, 0.25) is 0 Å². The van der Waals surface area contributed by atoms with Crippen LogP contribution in [0, 0.1) is 6.92 Å². The molecule has 0 spiro atoms. The molecule has 100 valence electrons. The number of aromatic nitrogens is 2. The summed E-state index contributed by atoms with van der Waals surface area (Å²) in [7, 11) is 0. The van der Waals surface area contributed by atoms with E-state index in [2.05, 4.69) is 27.1 Å². The molecular formula is C12H21N5O. The van der Waals surface area contributed by atoms with Gasteiger partial charge in [-0.1, -0.05) is 0 Å². The normalized spacial score (nSPS) is 18.6. The number of morpholine rings is 1. The molecule has 6 heteroatoms. The zero-order chi connectivity index (χ0) is 13.0. The van der Waals surface area contributed by atoms with Crippen molar-refractivity contribution in [2.45, 2.75) is 19.9 Å². The summed E-state index contributed by atoms with van der Waals surface area (Å²) in [5, 5.41) is 3.38. The molecule has 1 saturated heterocycles. The summed E-state index contributed by atoms with van der Waals surface area (Å²) in [6.07, 6.45) is 1.74. The molecule has 1 aliphatic rings. The lowest BCUT2D eigenvalue weighted by Crippen LogP contribution is -2.42. The van der Waals surface area contributed by atoms with Crippen molar-refractivity contribution in [3.05, 3.63) is 11.8 Å². The van der Waals surface area contributed by atoms with E-state index in [1.807, 2.05) is 6.92 Å². The van der Waals surface area contributed by atoms with Crippen LogP contribution in [0.4, 0.5) is 11.8 Å². The van der Waals surface area contributed by atoms with Crippen molar-refractivity contribution in [2.75, 3.05) is 43.9 Å².